The first-order valence-electron chi connectivity index (χ1n) is 11.7. The van der Waals surface area contributed by atoms with Gasteiger partial charge in [-0.1, -0.05) is 149 Å². The number of unbranched alkanes of at least 4 members (excludes halogenated alkanes) is 21. The minimum Gasteiger partial charge on any atom is -0.0654 e. The van der Waals surface area contributed by atoms with E-state index in [0.717, 1.165) is 0 Å². The van der Waals surface area contributed by atoms with Crippen LogP contribution in [0.5, 0.6) is 0 Å². The summed E-state index contributed by atoms with van der Waals surface area (Å²) in [6.07, 6.45) is 32.9. The van der Waals surface area contributed by atoms with Gasteiger partial charge < -0.3 is 0 Å². The van der Waals surface area contributed by atoms with Gasteiger partial charge in [0.1, 0.15) is 0 Å². The van der Waals surface area contributed by atoms with E-state index < -0.39 is 0 Å². The van der Waals surface area contributed by atoms with E-state index in [9.17, 15) is 0 Å². The SMILES string of the molecule is CCC[CH]CCCCCCCCCCCCCCCCCCCC. The molecule has 0 aliphatic carbocycles. The first kappa shape index (κ1) is 24.0. The van der Waals surface area contributed by atoms with Crippen molar-refractivity contribution < 1.29 is 0 Å². The van der Waals surface area contributed by atoms with Gasteiger partial charge in [0.05, 0.1) is 0 Å². The molecule has 0 aromatic rings. The quantitative estimate of drug-likeness (QED) is 0.183. The molecule has 0 atom stereocenters. The topological polar surface area (TPSA) is 0 Å². The van der Waals surface area contributed by atoms with Crippen molar-refractivity contribution in [2.75, 3.05) is 0 Å². The van der Waals surface area contributed by atoms with E-state index in [1.165, 1.54) is 135 Å². The second-order valence-electron chi connectivity index (χ2n) is 7.88. The van der Waals surface area contributed by atoms with Crippen LogP contribution in [0.15, 0.2) is 0 Å². The molecule has 24 heavy (non-hydrogen) atoms. The first-order valence-corrected chi connectivity index (χ1v) is 11.7. The molecule has 0 aromatic carbocycles. The molecular weight excluding hydrogens is 288 g/mol. The minimum atomic E-state index is 1.32. The molecular formula is C24H49. The highest BCUT2D eigenvalue weighted by atomic mass is 14.0. The van der Waals surface area contributed by atoms with E-state index in [1.54, 1.807) is 0 Å². The van der Waals surface area contributed by atoms with E-state index in [1.807, 2.05) is 0 Å². The molecule has 0 nitrogen and oxygen atoms in total. The van der Waals surface area contributed by atoms with E-state index in [-0.39, 0.29) is 0 Å². The van der Waals surface area contributed by atoms with Crippen LogP contribution in [-0.4, -0.2) is 0 Å². The fraction of sp³-hybridized carbons (Fsp3) is 0.958. The lowest BCUT2D eigenvalue weighted by Crippen LogP contribution is -1.84. The summed E-state index contributed by atoms with van der Waals surface area (Å²) in [6.45, 7) is 4.57. The Labute approximate surface area is 155 Å². The van der Waals surface area contributed by atoms with Gasteiger partial charge in [-0.2, -0.15) is 0 Å². The van der Waals surface area contributed by atoms with Gasteiger partial charge in [0.15, 0.2) is 0 Å². The minimum absolute atomic E-state index is 1.32. The highest BCUT2D eigenvalue weighted by molar-refractivity contribution is 4.63. The van der Waals surface area contributed by atoms with Gasteiger partial charge in [0, 0.05) is 0 Å². The van der Waals surface area contributed by atoms with Crippen molar-refractivity contribution in [3.63, 3.8) is 0 Å². The third kappa shape index (κ3) is 22.0. The van der Waals surface area contributed by atoms with Crippen LogP contribution in [-0.2, 0) is 0 Å². The summed E-state index contributed by atoms with van der Waals surface area (Å²) < 4.78 is 0. The fourth-order valence-electron chi connectivity index (χ4n) is 3.54. The van der Waals surface area contributed by atoms with E-state index in [0.29, 0.717) is 0 Å². The fourth-order valence-corrected chi connectivity index (χ4v) is 3.54. The first-order chi connectivity index (χ1) is 11.9. The molecule has 0 unspecified atom stereocenters. The molecule has 0 spiro atoms. The molecule has 0 fully saturated rings. The Kier molecular flexibility index (Phi) is 23.0. The highest BCUT2D eigenvalue weighted by Crippen LogP contribution is 2.14. The maximum absolute atomic E-state index is 2.48. The maximum atomic E-state index is 2.48. The van der Waals surface area contributed by atoms with E-state index in [4.69, 9.17) is 0 Å². The van der Waals surface area contributed by atoms with Gasteiger partial charge in [-0.3, -0.25) is 0 Å². The van der Waals surface area contributed by atoms with Crippen molar-refractivity contribution in [1.29, 1.82) is 0 Å². The standard InChI is InChI=1S/C24H49/c1-3-5-7-9-11-13-15-17-19-21-23-24-22-20-18-16-14-12-10-8-6-4-2/h7H,3-6,8-24H2,1-2H3. The molecule has 0 amide bonds. The van der Waals surface area contributed by atoms with Gasteiger partial charge in [0.2, 0.25) is 0 Å². The van der Waals surface area contributed by atoms with Crippen molar-refractivity contribution in [3.05, 3.63) is 6.42 Å². The van der Waals surface area contributed by atoms with Gasteiger partial charge in [0.25, 0.3) is 0 Å². The van der Waals surface area contributed by atoms with Crippen molar-refractivity contribution in [3.8, 4) is 0 Å². The smallest absolute Gasteiger partial charge is 0.0386 e. The predicted molar refractivity (Wildman–Crippen MR) is 113 cm³/mol. The summed E-state index contributed by atoms with van der Waals surface area (Å²) in [6, 6.07) is 0. The zero-order chi connectivity index (χ0) is 17.6. The average molecular weight is 338 g/mol. The molecule has 0 saturated heterocycles. The Morgan fingerprint density at radius 3 is 1.00 bits per heavy atom. The summed E-state index contributed by atoms with van der Waals surface area (Å²) in [5.41, 5.74) is 0. The Bertz CT molecular complexity index is 174. The lowest BCUT2D eigenvalue weighted by molar-refractivity contribution is 0.524. The van der Waals surface area contributed by atoms with Gasteiger partial charge >= 0.3 is 0 Å². The van der Waals surface area contributed by atoms with Crippen LogP contribution in [0.25, 0.3) is 0 Å². The third-order valence-corrected chi connectivity index (χ3v) is 5.25. The second-order valence-corrected chi connectivity index (χ2v) is 7.88. The van der Waals surface area contributed by atoms with Gasteiger partial charge in [-0.15, -0.1) is 0 Å². The van der Waals surface area contributed by atoms with Gasteiger partial charge in [-0.25, -0.2) is 0 Å². The summed E-state index contributed by atoms with van der Waals surface area (Å²) in [7, 11) is 0. The van der Waals surface area contributed by atoms with E-state index in [2.05, 4.69) is 20.3 Å². The summed E-state index contributed by atoms with van der Waals surface area (Å²) in [5, 5.41) is 0. The Morgan fingerprint density at radius 1 is 0.333 bits per heavy atom. The predicted octanol–water partition coefficient (Wildman–Crippen LogP) is 9.42. The molecule has 0 bridgehead atoms. The van der Waals surface area contributed by atoms with Crippen molar-refractivity contribution >= 4 is 0 Å². The second kappa shape index (κ2) is 23.0. The molecule has 0 heterocycles. The van der Waals surface area contributed by atoms with Crippen LogP contribution in [0.4, 0.5) is 0 Å². The summed E-state index contributed by atoms with van der Waals surface area (Å²) in [5.74, 6) is 0. The molecule has 1 radical (unpaired) electrons. The lowest BCUT2D eigenvalue weighted by Gasteiger charge is -2.04. The third-order valence-electron chi connectivity index (χ3n) is 5.25. The Hall–Kier alpha value is 0. The van der Waals surface area contributed by atoms with Crippen LogP contribution in [0.3, 0.4) is 0 Å². The monoisotopic (exact) mass is 337 g/mol. The Morgan fingerprint density at radius 2 is 0.667 bits per heavy atom. The highest BCUT2D eigenvalue weighted by Gasteiger charge is 1.95. The van der Waals surface area contributed by atoms with Crippen molar-refractivity contribution in [2.24, 2.45) is 0 Å². The summed E-state index contributed by atoms with van der Waals surface area (Å²) >= 11 is 0. The van der Waals surface area contributed by atoms with Crippen LogP contribution >= 0.6 is 0 Å². The molecule has 0 saturated carbocycles. The summed E-state index contributed by atoms with van der Waals surface area (Å²) in [4.78, 5) is 0. The molecule has 0 N–H and O–H groups in total. The number of hydrogen-bond donors (Lipinski definition) is 0. The van der Waals surface area contributed by atoms with Crippen LogP contribution in [0, 0.1) is 6.42 Å². The van der Waals surface area contributed by atoms with Crippen molar-refractivity contribution in [2.45, 2.75) is 149 Å². The number of rotatable bonds is 21. The van der Waals surface area contributed by atoms with E-state index >= 15 is 0 Å². The lowest BCUT2D eigenvalue weighted by atomic mass is 10.0. The zero-order valence-electron chi connectivity index (χ0n) is 17.4. The molecule has 0 heteroatoms. The maximum Gasteiger partial charge on any atom is -0.0386 e. The molecule has 145 valence electrons. The van der Waals surface area contributed by atoms with Crippen molar-refractivity contribution in [1.82, 2.24) is 0 Å². The van der Waals surface area contributed by atoms with Crippen LogP contribution < -0.4 is 0 Å². The molecule has 0 aliphatic heterocycles. The number of hydrogen-bond acceptors (Lipinski definition) is 0. The molecule has 0 aromatic heterocycles. The molecule has 0 rings (SSSR count). The van der Waals surface area contributed by atoms with Crippen LogP contribution in [0.1, 0.15) is 149 Å². The Balaban J connectivity index is 2.93. The normalized spacial score (nSPS) is 11.2. The molecule has 0 aliphatic rings. The van der Waals surface area contributed by atoms with Crippen LogP contribution in [0.2, 0.25) is 0 Å². The average Bonchev–Trinajstić information content (AvgIpc) is 2.60. The zero-order valence-corrected chi connectivity index (χ0v) is 17.4. The largest absolute Gasteiger partial charge is 0.0654 e. The van der Waals surface area contributed by atoms with Gasteiger partial charge in [-0.05, 0) is 6.42 Å².